The topological polar surface area (TPSA) is 46.9 Å². The Kier molecular flexibility index (Phi) is 5.59. The fraction of sp³-hybridized carbons (Fsp3) is 0.182. The first-order chi connectivity index (χ1) is 14.4. The minimum absolute atomic E-state index is 0.148. The van der Waals surface area contributed by atoms with Crippen LogP contribution in [0.25, 0.3) is 11.0 Å². The molecule has 4 nitrogen and oxygen atoms in total. The normalized spacial score (nSPS) is 11.7. The zero-order valence-corrected chi connectivity index (χ0v) is 16.6. The lowest BCUT2D eigenvalue weighted by Crippen LogP contribution is -2.25. The Morgan fingerprint density at radius 3 is 2.67 bits per heavy atom. The maximum absolute atomic E-state index is 13.1. The van der Waals surface area contributed by atoms with Gasteiger partial charge in [0.1, 0.15) is 5.82 Å². The molecule has 0 unspecified atom stereocenters. The number of alkyl halides is 3. The van der Waals surface area contributed by atoms with Gasteiger partial charge in [-0.05, 0) is 41.3 Å². The molecule has 0 atom stereocenters. The van der Waals surface area contributed by atoms with Gasteiger partial charge < -0.3 is 9.88 Å². The third-order valence-electron chi connectivity index (χ3n) is 4.71. The first kappa shape index (κ1) is 20.2. The third-order valence-corrected chi connectivity index (χ3v) is 5.58. The van der Waals surface area contributed by atoms with Gasteiger partial charge in [0, 0.05) is 19.5 Å². The molecule has 2 aromatic heterocycles. The highest BCUT2D eigenvalue weighted by Crippen LogP contribution is 2.30. The van der Waals surface area contributed by atoms with Gasteiger partial charge in [-0.3, -0.25) is 4.79 Å². The maximum atomic E-state index is 13.1. The van der Waals surface area contributed by atoms with E-state index in [1.54, 1.807) is 12.1 Å². The Bertz CT molecular complexity index is 1170. The number of aromatic nitrogens is 2. The van der Waals surface area contributed by atoms with Gasteiger partial charge in [-0.25, -0.2) is 4.98 Å². The molecule has 0 spiro atoms. The summed E-state index contributed by atoms with van der Waals surface area (Å²) in [5, 5.41) is 4.70. The molecule has 8 heteroatoms. The van der Waals surface area contributed by atoms with E-state index in [1.165, 1.54) is 17.4 Å². The lowest BCUT2D eigenvalue weighted by molar-refractivity contribution is -0.137. The van der Waals surface area contributed by atoms with Crippen molar-refractivity contribution in [2.24, 2.45) is 0 Å². The van der Waals surface area contributed by atoms with Crippen LogP contribution in [-0.2, 0) is 19.1 Å². The highest BCUT2D eigenvalue weighted by molar-refractivity contribution is 7.12. The number of nitrogens with zero attached hydrogens (tertiary/aromatic N) is 2. The van der Waals surface area contributed by atoms with Crippen molar-refractivity contribution in [3.05, 3.63) is 87.9 Å². The fourth-order valence-corrected chi connectivity index (χ4v) is 3.94. The van der Waals surface area contributed by atoms with Crippen LogP contribution < -0.4 is 5.32 Å². The Labute approximate surface area is 175 Å². The van der Waals surface area contributed by atoms with Crippen LogP contribution >= 0.6 is 11.3 Å². The summed E-state index contributed by atoms with van der Waals surface area (Å²) in [7, 11) is 0. The molecule has 2 heterocycles. The van der Waals surface area contributed by atoms with Gasteiger partial charge in [0.05, 0.1) is 21.5 Å². The van der Waals surface area contributed by atoms with Crippen molar-refractivity contribution in [3.8, 4) is 0 Å². The van der Waals surface area contributed by atoms with Gasteiger partial charge in [0.2, 0.25) is 0 Å². The third kappa shape index (κ3) is 4.38. The smallest absolute Gasteiger partial charge is 0.351 e. The number of carbonyl (C=O) groups is 1. The molecule has 0 bridgehead atoms. The number of rotatable bonds is 6. The van der Waals surface area contributed by atoms with Gasteiger partial charge in [0.15, 0.2) is 0 Å². The van der Waals surface area contributed by atoms with Gasteiger partial charge >= 0.3 is 6.18 Å². The molecule has 0 saturated heterocycles. The van der Waals surface area contributed by atoms with Crippen LogP contribution in [0, 0.1) is 0 Å². The summed E-state index contributed by atoms with van der Waals surface area (Å²) in [5.74, 6) is 0.561. The summed E-state index contributed by atoms with van der Waals surface area (Å²) in [6.07, 6.45) is -3.92. The molecule has 2 aromatic carbocycles. The first-order valence-electron chi connectivity index (χ1n) is 9.34. The van der Waals surface area contributed by atoms with E-state index < -0.39 is 11.7 Å². The summed E-state index contributed by atoms with van der Waals surface area (Å²) in [6, 6.07) is 16.4. The Morgan fingerprint density at radius 2 is 1.90 bits per heavy atom. The van der Waals surface area contributed by atoms with Crippen LogP contribution in [0.1, 0.15) is 26.6 Å². The highest BCUT2D eigenvalue weighted by atomic mass is 32.1. The Hall–Kier alpha value is -3.13. The number of imidazole rings is 1. The second kappa shape index (κ2) is 8.31. The lowest BCUT2D eigenvalue weighted by atomic mass is 10.1. The number of fused-ring (bicyclic) bond motifs is 1. The van der Waals surface area contributed by atoms with Crippen molar-refractivity contribution < 1.29 is 18.0 Å². The standard InChI is InChI=1S/C22H18F3N3OS/c23-22(24,25)16-6-3-5-15(13-16)14-28-18-8-2-1-7-17(18)27-20(28)10-11-26-21(29)19-9-4-12-30-19/h1-9,12-13H,10-11,14H2,(H,26,29). The first-order valence-corrected chi connectivity index (χ1v) is 10.2. The van der Waals surface area contributed by atoms with Crippen molar-refractivity contribution in [2.45, 2.75) is 19.1 Å². The second-order valence-corrected chi connectivity index (χ2v) is 7.73. The number of hydrogen-bond acceptors (Lipinski definition) is 3. The monoisotopic (exact) mass is 429 g/mol. The molecule has 1 N–H and O–H groups in total. The van der Waals surface area contributed by atoms with Crippen LogP contribution in [0.4, 0.5) is 13.2 Å². The Morgan fingerprint density at radius 1 is 1.07 bits per heavy atom. The van der Waals surface area contributed by atoms with Crippen molar-refractivity contribution in [2.75, 3.05) is 6.54 Å². The van der Waals surface area contributed by atoms with Crippen LogP contribution in [0.15, 0.2) is 66.0 Å². The van der Waals surface area contributed by atoms with Crippen molar-refractivity contribution in [1.82, 2.24) is 14.9 Å². The molecule has 30 heavy (non-hydrogen) atoms. The van der Waals surface area contributed by atoms with Crippen molar-refractivity contribution in [1.29, 1.82) is 0 Å². The second-order valence-electron chi connectivity index (χ2n) is 6.78. The predicted octanol–water partition coefficient (Wildman–Crippen LogP) is 5.14. The molecule has 0 aliphatic carbocycles. The minimum Gasteiger partial charge on any atom is -0.351 e. The molecule has 0 aliphatic rings. The average molecular weight is 429 g/mol. The summed E-state index contributed by atoms with van der Waals surface area (Å²) >= 11 is 1.36. The average Bonchev–Trinajstić information content (AvgIpc) is 3.37. The number of thiophene rings is 1. The van der Waals surface area contributed by atoms with Crippen LogP contribution in [0.5, 0.6) is 0 Å². The molecule has 0 fully saturated rings. The van der Waals surface area contributed by atoms with E-state index in [4.69, 9.17) is 0 Å². The number of hydrogen-bond donors (Lipinski definition) is 1. The summed E-state index contributed by atoms with van der Waals surface area (Å²) < 4.78 is 41.1. The number of nitrogens with one attached hydrogen (secondary N) is 1. The zero-order valence-electron chi connectivity index (χ0n) is 15.8. The van der Waals surface area contributed by atoms with E-state index in [0.29, 0.717) is 29.2 Å². The van der Waals surface area contributed by atoms with Crippen LogP contribution in [-0.4, -0.2) is 22.0 Å². The number of benzene rings is 2. The molecule has 1 amide bonds. The molecule has 4 aromatic rings. The number of halogens is 3. The minimum atomic E-state index is -4.39. The van der Waals surface area contributed by atoms with E-state index in [0.717, 1.165) is 23.2 Å². The fourth-order valence-electron chi connectivity index (χ4n) is 3.30. The molecule has 0 aliphatic heterocycles. The highest BCUT2D eigenvalue weighted by Gasteiger charge is 2.30. The summed E-state index contributed by atoms with van der Waals surface area (Å²) in [5.41, 5.74) is 1.48. The van der Waals surface area contributed by atoms with Crippen molar-refractivity contribution >= 4 is 28.3 Å². The zero-order chi connectivity index (χ0) is 21.1. The maximum Gasteiger partial charge on any atom is 0.416 e. The summed E-state index contributed by atoms with van der Waals surface area (Å²) in [4.78, 5) is 17.4. The SMILES string of the molecule is O=C(NCCc1nc2ccccc2n1Cc1cccc(C(F)(F)F)c1)c1cccs1. The van der Waals surface area contributed by atoms with Crippen LogP contribution in [0.2, 0.25) is 0 Å². The van der Waals surface area contributed by atoms with Gasteiger partial charge in [-0.1, -0.05) is 30.3 Å². The van der Waals surface area contributed by atoms with E-state index in [2.05, 4.69) is 10.3 Å². The van der Waals surface area contributed by atoms with Gasteiger partial charge in [-0.15, -0.1) is 11.3 Å². The summed E-state index contributed by atoms with van der Waals surface area (Å²) in [6.45, 7) is 0.640. The largest absolute Gasteiger partial charge is 0.416 e. The molecule has 154 valence electrons. The molecule has 0 radical (unpaired) electrons. The molecular weight excluding hydrogens is 411 g/mol. The number of para-hydroxylation sites is 2. The van der Waals surface area contributed by atoms with Gasteiger partial charge in [-0.2, -0.15) is 13.2 Å². The number of carbonyl (C=O) groups excluding carboxylic acids is 1. The van der Waals surface area contributed by atoms with E-state index >= 15 is 0 Å². The predicted molar refractivity (Wildman–Crippen MR) is 111 cm³/mol. The van der Waals surface area contributed by atoms with Crippen LogP contribution in [0.3, 0.4) is 0 Å². The van der Waals surface area contributed by atoms with Crippen molar-refractivity contribution in [3.63, 3.8) is 0 Å². The molecule has 4 rings (SSSR count). The van der Waals surface area contributed by atoms with Gasteiger partial charge in [0.25, 0.3) is 5.91 Å². The Balaban J connectivity index is 1.57. The van der Waals surface area contributed by atoms with E-state index in [-0.39, 0.29) is 12.5 Å². The molecular formula is C22H18F3N3OS. The lowest BCUT2D eigenvalue weighted by Gasteiger charge is -2.12. The van der Waals surface area contributed by atoms with E-state index in [1.807, 2.05) is 40.3 Å². The van der Waals surface area contributed by atoms with E-state index in [9.17, 15) is 18.0 Å². The number of amides is 1. The quantitative estimate of drug-likeness (QED) is 0.462. The molecule has 0 saturated carbocycles.